The van der Waals surface area contributed by atoms with Crippen LogP contribution in [0.5, 0.6) is 0 Å². The number of carbonyl (C=O) groups is 1. The Morgan fingerprint density at radius 2 is 1.79 bits per heavy atom. The molecule has 24 heavy (non-hydrogen) atoms. The second kappa shape index (κ2) is 7.55. The molecule has 0 unspecified atom stereocenters. The minimum absolute atomic E-state index is 0.0933. The molecule has 2 aliphatic heterocycles. The third-order valence-electron chi connectivity index (χ3n) is 4.58. The van der Waals surface area contributed by atoms with Crippen LogP contribution in [0.3, 0.4) is 0 Å². The Balaban J connectivity index is 1.49. The van der Waals surface area contributed by atoms with Gasteiger partial charge in [0.15, 0.2) is 0 Å². The SMILES string of the molecule is N=C(NC(=N)c1ccccc1)NC(=O)[C@@H]1CCN1C1CCOCC1. The first-order valence-corrected chi connectivity index (χ1v) is 8.29. The lowest BCUT2D eigenvalue weighted by Gasteiger charge is -2.46. The summed E-state index contributed by atoms with van der Waals surface area (Å²) in [6, 6.07) is 9.30. The second-order valence-corrected chi connectivity index (χ2v) is 6.12. The van der Waals surface area contributed by atoms with Crippen molar-refractivity contribution in [2.45, 2.75) is 31.3 Å². The second-order valence-electron chi connectivity index (χ2n) is 6.12. The molecule has 2 saturated heterocycles. The molecule has 128 valence electrons. The summed E-state index contributed by atoms with van der Waals surface area (Å²) < 4.78 is 5.37. The molecule has 1 aromatic carbocycles. The molecule has 2 heterocycles. The van der Waals surface area contributed by atoms with Crippen molar-refractivity contribution in [3.05, 3.63) is 35.9 Å². The molecule has 0 spiro atoms. The summed E-state index contributed by atoms with van der Waals surface area (Å²) in [6.07, 6.45) is 2.73. The van der Waals surface area contributed by atoms with Crippen molar-refractivity contribution in [3.63, 3.8) is 0 Å². The highest BCUT2D eigenvalue weighted by Crippen LogP contribution is 2.26. The molecule has 7 heteroatoms. The first-order valence-electron chi connectivity index (χ1n) is 8.29. The van der Waals surface area contributed by atoms with E-state index in [1.807, 2.05) is 18.2 Å². The maximum atomic E-state index is 12.4. The molecule has 1 aromatic rings. The van der Waals surface area contributed by atoms with Gasteiger partial charge in [-0.25, -0.2) is 0 Å². The molecule has 0 aliphatic carbocycles. The van der Waals surface area contributed by atoms with Gasteiger partial charge in [0, 0.05) is 31.4 Å². The standard InChI is InChI=1S/C17H23N5O2/c18-15(12-4-2-1-3-5-12)20-17(19)21-16(23)14-6-9-22(14)13-7-10-24-11-8-13/h1-5,13-14H,6-11H2,(H4,18,19,20,21,23)/t14-/m0/s1. The first-order chi connectivity index (χ1) is 11.6. The summed E-state index contributed by atoms with van der Waals surface area (Å²) in [4.78, 5) is 14.6. The fourth-order valence-electron chi connectivity index (χ4n) is 3.18. The number of hydrogen-bond acceptors (Lipinski definition) is 5. The number of ether oxygens (including phenoxy) is 1. The Labute approximate surface area is 141 Å². The average Bonchev–Trinajstić information content (AvgIpc) is 2.55. The molecule has 2 fully saturated rings. The van der Waals surface area contributed by atoms with E-state index in [-0.39, 0.29) is 23.7 Å². The van der Waals surface area contributed by atoms with E-state index < -0.39 is 0 Å². The van der Waals surface area contributed by atoms with Crippen LogP contribution < -0.4 is 10.6 Å². The smallest absolute Gasteiger partial charge is 0.244 e. The number of amides is 1. The quantitative estimate of drug-likeness (QED) is 0.489. The summed E-state index contributed by atoms with van der Waals surface area (Å²) >= 11 is 0. The lowest BCUT2D eigenvalue weighted by molar-refractivity contribution is -0.133. The first kappa shape index (κ1) is 16.6. The van der Waals surface area contributed by atoms with Gasteiger partial charge in [0.05, 0.1) is 6.04 Å². The number of rotatable bonds is 3. The van der Waals surface area contributed by atoms with E-state index in [9.17, 15) is 4.79 Å². The molecule has 3 rings (SSSR count). The number of nitrogens with one attached hydrogen (secondary N) is 4. The van der Waals surface area contributed by atoms with Crippen molar-refractivity contribution in [2.24, 2.45) is 0 Å². The van der Waals surface area contributed by atoms with Crippen molar-refractivity contribution in [1.82, 2.24) is 15.5 Å². The van der Waals surface area contributed by atoms with Gasteiger partial charge in [-0.15, -0.1) is 0 Å². The Morgan fingerprint density at radius 3 is 2.42 bits per heavy atom. The fraction of sp³-hybridized carbons (Fsp3) is 0.471. The van der Waals surface area contributed by atoms with Gasteiger partial charge >= 0.3 is 0 Å². The van der Waals surface area contributed by atoms with Gasteiger partial charge in [0.25, 0.3) is 0 Å². The van der Waals surface area contributed by atoms with Crippen LogP contribution in [0.15, 0.2) is 30.3 Å². The molecule has 1 amide bonds. The zero-order chi connectivity index (χ0) is 16.9. The van der Waals surface area contributed by atoms with Crippen LogP contribution in [-0.2, 0) is 9.53 Å². The molecular weight excluding hydrogens is 306 g/mol. The molecule has 2 aliphatic rings. The Morgan fingerprint density at radius 1 is 1.08 bits per heavy atom. The highest BCUT2D eigenvalue weighted by atomic mass is 16.5. The van der Waals surface area contributed by atoms with Gasteiger partial charge in [0.1, 0.15) is 5.84 Å². The molecule has 0 bridgehead atoms. The van der Waals surface area contributed by atoms with Gasteiger partial charge in [-0.1, -0.05) is 30.3 Å². The summed E-state index contributed by atoms with van der Waals surface area (Å²) in [6.45, 7) is 2.42. The zero-order valence-electron chi connectivity index (χ0n) is 13.5. The van der Waals surface area contributed by atoms with E-state index in [0.717, 1.165) is 39.0 Å². The molecule has 0 radical (unpaired) electrons. The van der Waals surface area contributed by atoms with Crippen LogP contribution in [0.4, 0.5) is 0 Å². The Kier molecular flexibility index (Phi) is 5.22. The van der Waals surface area contributed by atoms with E-state index in [0.29, 0.717) is 11.6 Å². The minimum atomic E-state index is -0.179. The summed E-state index contributed by atoms with van der Waals surface area (Å²) in [5.41, 5.74) is 0.670. The normalized spacial score (nSPS) is 21.6. The molecule has 7 nitrogen and oxygen atoms in total. The van der Waals surface area contributed by atoms with Crippen molar-refractivity contribution < 1.29 is 9.53 Å². The Bertz CT molecular complexity index is 613. The maximum absolute atomic E-state index is 12.4. The summed E-state index contributed by atoms with van der Waals surface area (Å²) in [5, 5.41) is 21.0. The van der Waals surface area contributed by atoms with Crippen molar-refractivity contribution in [2.75, 3.05) is 19.8 Å². The predicted octanol–water partition coefficient (Wildman–Crippen LogP) is 0.906. The lowest BCUT2D eigenvalue weighted by Crippen LogP contribution is -2.62. The van der Waals surface area contributed by atoms with Crippen molar-refractivity contribution in [1.29, 1.82) is 10.8 Å². The van der Waals surface area contributed by atoms with Crippen LogP contribution in [0.25, 0.3) is 0 Å². The lowest BCUT2D eigenvalue weighted by atomic mass is 9.95. The van der Waals surface area contributed by atoms with E-state index in [1.165, 1.54) is 0 Å². The summed E-state index contributed by atoms with van der Waals surface area (Å²) in [7, 11) is 0. The largest absolute Gasteiger partial charge is 0.381 e. The molecule has 0 saturated carbocycles. The van der Waals surface area contributed by atoms with Gasteiger partial charge in [0.2, 0.25) is 11.9 Å². The number of hydrogen-bond donors (Lipinski definition) is 4. The average molecular weight is 329 g/mol. The van der Waals surface area contributed by atoms with Crippen LogP contribution in [-0.4, -0.2) is 54.4 Å². The van der Waals surface area contributed by atoms with Gasteiger partial charge in [-0.2, -0.15) is 0 Å². The summed E-state index contributed by atoms with van der Waals surface area (Å²) in [5.74, 6) is -0.241. The number of likely N-dealkylation sites (tertiary alicyclic amines) is 1. The number of amidine groups is 1. The molecule has 4 N–H and O–H groups in total. The fourth-order valence-corrected chi connectivity index (χ4v) is 3.18. The van der Waals surface area contributed by atoms with Crippen molar-refractivity contribution in [3.8, 4) is 0 Å². The van der Waals surface area contributed by atoms with E-state index in [1.54, 1.807) is 12.1 Å². The Hall–Kier alpha value is -2.25. The highest BCUT2D eigenvalue weighted by molar-refractivity contribution is 6.10. The van der Waals surface area contributed by atoms with Crippen molar-refractivity contribution >= 4 is 17.7 Å². The van der Waals surface area contributed by atoms with E-state index in [4.69, 9.17) is 15.6 Å². The van der Waals surface area contributed by atoms with Crippen LogP contribution in [0.1, 0.15) is 24.8 Å². The highest BCUT2D eigenvalue weighted by Gasteiger charge is 2.39. The number of carbonyl (C=O) groups excluding carboxylic acids is 1. The number of nitrogens with zero attached hydrogens (tertiary/aromatic N) is 1. The van der Waals surface area contributed by atoms with Gasteiger partial charge < -0.3 is 10.1 Å². The third-order valence-corrected chi connectivity index (χ3v) is 4.58. The third kappa shape index (κ3) is 3.80. The van der Waals surface area contributed by atoms with Gasteiger partial charge in [-0.3, -0.25) is 25.8 Å². The van der Waals surface area contributed by atoms with E-state index in [2.05, 4.69) is 15.5 Å². The topological polar surface area (TPSA) is 101 Å². The monoisotopic (exact) mass is 329 g/mol. The van der Waals surface area contributed by atoms with Crippen LogP contribution in [0.2, 0.25) is 0 Å². The number of benzene rings is 1. The van der Waals surface area contributed by atoms with E-state index >= 15 is 0 Å². The number of guanidine groups is 1. The minimum Gasteiger partial charge on any atom is -0.381 e. The van der Waals surface area contributed by atoms with Crippen LogP contribution >= 0.6 is 0 Å². The maximum Gasteiger partial charge on any atom is 0.244 e. The molecule has 0 aromatic heterocycles. The predicted molar refractivity (Wildman–Crippen MR) is 91.2 cm³/mol. The van der Waals surface area contributed by atoms with Crippen LogP contribution in [0, 0.1) is 10.8 Å². The zero-order valence-corrected chi connectivity index (χ0v) is 13.5. The van der Waals surface area contributed by atoms with Gasteiger partial charge in [-0.05, 0) is 19.3 Å². The molecular formula is C17H23N5O2. The molecule has 1 atom stereocenters.